The van der Waals surface area contributed by atoms with Gasteiger partial charge in [-0.15, -0.1) is 0 Å². The third-order valence-electron chi connectivity index (χ3n) is 4.14. The molecule has 0 bridgehead atoms. The van der Waals surface area contributed by atoms with E-state index in [9.17, 15) is 0 Å². The maximum atomic E-state index is 5.68. The van der Waals surface area contributed by atoms with Crippen LogP contribution in [0.1, 0.15) is 33.1 Å². The van der Waals surface area contributed by atoms with Crippen LogP contribution in [-0.4, -0.2) is 63.5 Å². The van der Waals surface area contributed by atoms with Crippen LogP contribution in [0.15, 0.2) is 0 Å². The predicted octanol–water partition coefficient (Wildman–Crippen LogP) is 1.50. The number of rotatable bonds is 9. The van der Waals surface area contributed by atoms with E-state index in [-0.39, 0.29) is 0 Å². The van der Waals surface area contributed by atoms with E-state index in [1.807, 2.05) is 0 Å². The first-order valence-electron chi connectivity index (χ1n) is 7.31. The van der Waals surface area contributed by atoms with Gasteiger partial charge in [-0.1, -0.05) is 13.8 Å². The second-order valence-corrected chi connectivity index (χ2v) is 5.05. The molecule has 0 amide bonds. The normalized spacial score (nSPS) is 20.2. The fraction of sp³-hybridized carbons (Fsp3) is 1.00. The maximum Gasteiger partial charge on any atom is 0.0593 e. The third-order valence-corrected chi connectivity index (χ3v) is 4.14. The lowest BCUT2D eigenvalue weighted by molar-refractivity contribution is 0.0160. The minimum atomic E-state index is 0.341. The fourth-order valence-corrected chi connectivity index (χ4v) is 2.76. The first-order valence-corrected chi connectivity index (χ1v) is 7.31. The molecule has 0 aromatic heterocycles. The average molecular weight is 258 g/mol. The van der Waals surface area contributed by atoms with Gasteiger partial charge in [0, 0.05) is 52.0 Å². The number of hydrogen-bond donors (Lipinski definition) is 1. The molecule has 1 fully saturated rings. The Morgan fingerprint density at radius 2 is 1.94 bits per heavy atom. The predicted molar refractivity (Wildman–Crippen MR) is 75.1 cm³/mol. The molecule has 0 unspecified atom stereocenters. The van der Waals surface area contributed by atoms with Crippen LogP contribution in [0.25, 0.3) is 0 Å². The summed E-state index contributed by atoms with van der Waals surface area (Å²) in [6, 6.07) is 0. The van der Waals surface area contributed by atoms with Gasteiger partial charge in [-0.3, -0.25) is 4.90 Å². The Balaban J connectivity index is 2.25. The van der Waals surface area contributed by atoms with Crippen molar-refractivity contribution < 1.29 is 9.47 Å². The molecule has 0 atom stereocenters. The van der Waals surface area contributed by atoms with Gasteiger partial charge >= 0.3 is 0 Å². The van der Waals surface area contributed by atoms with Crippen molar-refractivity contribution in [1.82, 2.24) is 10.2 Å². The molecule has 1 saturated heterocycles. The molecule has 1 rings (SSSR count). The number of piperazine rings is 1. The molecule has 0 aromatic carbocycles. The van der Waals surface area contributed by atoms with Crippen molar-refractivity contribution in [2.24, 2.45) is 0 Å². The molecule has 0 aromatic rings. The van der Waals surface area contributed by atoms with Gasteiger partial charge in [0.05, 0.1) is 6.61 Å². The Labute approximate surface area is 112 Å². The standard InChI is InChI=1S/C14H30N2O2/c1-4-14(5-2)13-15-7-8-16(14)9-12-18-11-6-10-17-3/h15H,4-13H2,1-3H3. The van der Waals surface area contributed by atoms with Crippen molar-refractivity contribution >= 4 is 0 Å². The highest BCUT2D eigenvalue weighted by atomic mass is 16.5. The van der Waals surface area contributed by atoms with E-state index in [2.05, 4.69) is 24.1 Å². The molecule has 1 aliphatic rings. The second kappa shape index (κ2) is 8.86. The molecule has 4 heteroatoms. The lowest BCUT2D eigenvalue weighted by Gasteiger charge is -2.47. The summed E-state index contributed by atoms with van der Waals surface area (Å²) in [5.41, 5.74) is 0.341. The van der Waals surface area contributed by atoms with Crippen LogP contribution in [0.5, 0.6) is 0 Å². The molecule has 0 radical (unpaired) electrons. The summed E-state index contributed by atoms with van der Waals surface area (Å²) < 4.78 is 10.7. The van der Waals surface area contributed by atoms with Gasteiger partial charge in [0.25, 0.3) is 0 Å². The number of nitrogens with zero attached hydrogens (tertiary/aromatic N) is 1. The van der Waals surface area contributed by atoms with Crippen molar-refractivity contribution in [3.05, 3.63) is 0 Å². The van der Waals surface area contributed by atoms with Crippen LogP contribution in [-0.2, 0) is 9.47 Å². The van der Waals surface area contributed by atoms with Gasteiger partial charge < -0.3 is 14.8 Å². The molecule has 4 nitrogen and oxygen atoms in total. The number of nitrogens with one attached hydrogen (secondary N) is 1. The summed E-state index contributed by atoms with van der Waals surface area (Å²) in [4.78, 5) is 2.61. The van der Waals surface area contributed by atoms with Gasteiger partial charge in [0.1, 0.15) is 0 Å². The van der Waals surface area contributed by atoms with Crippen LogP contribution in [0, 0.1) is 0 Å². The van der Waals surface area contributed by atoms with Crippen molar-refractivity contribution in [3.63, 3.8) is 0 Å². The summed E-state index contributed by atoms with van der Waals surface area (Å²) in [5.74, 6) is 0. The van der Waals surface area contributed by atoms with Crippen molar-refractivity contribution in [1.29, 1.82) is 0 Å². The number of ether oxygens (including phenoxy) is 2. The van der Waals surface area contributed by atoms with E-state index in [0.29, 0.717) is 5.54 Å². The lowest BCUT2D eigenvalue weighted by atomic mass is 9.88. The minimum absolute atomic E-state index is 0.341. The van der Waals surface area contributed by atoms with Crippen LogP contribution in [0.4, 0.5) is 0 Å². The Morgan fingerprint density at radius 1 is 1.17 bits per heavy atom. The van der Waals surface area contributed by atoms with Gasteiger partial charge in [-0.05, 0) is 19.3 Å². The zero-order valence-electron chi connectivity index (χ0n) is 12.3. The summed E-state index contributed by atoms with van der Waals surface area (Å²) in [5, 5.41) is 3.53. The monoisotopic (exact) mass is 258 g/mol. The van der Waals surface area contributed by atoms with Gasteiger partial charge in [0.15, 0.2) is 0 Å². The van der Waals surface area contributed by atoms with Crippen LogP contribution in [0.3, 0.4) is 0 Å². The summed E-state index contributed by atoms with van der Waals surface area (Å²) in [7, 11) is 1.73. The molecule has 0 saturated carbocycles. The lowest BCUT2D eigenvalue weighted by Crippen LogP contribution is -2.61. The molecule has 1 N–H and O–H groups in total. The maximum absolute atomic E-state index is 5.68. The van der Waals surface area contributed by atoms with E-state index in [1.54, 1.807) is 7.11 Å². The minimum Gasteiger partial charge on any atom is -0.385 e. The molecular formula is C14H30N2O2. The van der Waals surface area contributed by atoms with Gasteiger partial charge in [0.2, 0.25) is 0 Å². The van der Waals surface area contributed by atoms with Crippen LogP contribution >= 0.6 is 0 Å². The fourth-order valence-electron chi connectivity index (χ4n) is 2.76. The third kappa shape index (κ3) is 4.50. The Bertz CT molecular complexity index is 208. The molecule has 1 heterocycles. The van der Waals surface area contributed by atoms with E-state index in [1.165, 1.54) is 12.8 Å². The summed E-state index contributed by atoms with van der Waals surface area (Å²) >= 11 is 0. The molecule has 1 aliphatic heterocycles. The SMILES string of the molecule is CCC1(CC)CNCCN1CCOCCCOC. The van der Waals surface area contributed by atoms with Gasteiger partial charge in [-0.25, -0.2) is 0 Å². The van der Waals surface area contributed by atoms with E-state index < -0.39 is 0 Å². The Kier molecular flexibility index (Phi) is 7.82. The first kappa shape index (κ1) is 15.9. The van der Waals surface area contributed by atoms with Crippen molar-refractivity contribution in [2.75, 3.05) is 53.1 Å². The average Bonchev–Trinajstić information content (AvgIpc) is 2.43. The van der Waals surface area contributed by atoms with E-state index >= 15 is 0 Å². The molecule has 0 aliphatic carbocycles. The highest BCUT2D eigenvalue weighted by Crippen LogP contribution is 2.24. The highest BCUT2D eigenvalue weighted by molar-refractivity contribution is 4.93. The molecule has 18 heavy (non-hydrogen) atoms. The zero-order valence-corrected chi connectivity index (χ0v) is 12.3. The van der Waals surface area contributed by atoms with Gasteiger partial charge in [-0.2, -0.15) is 0 Å². The van der Waals surface area contributed by atoms with Crippen molar-refractivity contribution in [2.45, 2.75) is 38.6 Å². The quantitative estimate of drug-likeness (QED) is 0.636. The number of hydrogen-bond acceptors (Lipinski definition) is 4. The molecule has 108 valence electrons. The Hall–Kier alpha value is -0.160. The van der Waals surface area contributed by atoms with Crippen LogP contribution in [0.2, 0.25) is 0 Å². The smallest absolute Gasteiger partial charge is 0.0593 e. The largest absolute Gasteiger partial charge is 0.385 e. The molecular weight excluding hydrogens is 228 g/mol. The van der Waals surface area contributed by atoms with E-state index in [4.69, 9.17) is 9.47 Å². The first-order chi connectivity index (χ1) is 8.79. The molecule has 0 spiro atoms. The zero-order chi connectivity index (χ0) is 13.3. The summed E-state index contributed by atoms with van der Waals surface area (Å²) in [6.45, 7) is 11.4. The number of methoxy groups -OCH3 is 1. The van der Waals surface area contributed by atoms with Crippen molar-refractivity contribution in [3.8, 4) is 0 Å². The Morgan fingerprint density at radius 3 is 2.61 bits per heavy atom. The topological polar surface area (TPSA) is 33.7 Å². The highest BCUT2D eigenvalue weighted by Gasteiger charge is 2.34. The van der Waals surface area contributed by atoms with E-state index in [0.717, 1.165) is 52.4 Å². The van der Waals surface area contributed by atoms with Crippen LogP contribution < -0.4 is 5.32 Å². The summed E-state index contributed by atoms with van der Waals surface area (Å²) in [6.07, 6.45) is 3.41. The second-order valence-electron chi connectivity index (χ2n) is 5.05.